The Morgan fingerprint density at radius 2 is 1.84 bits per heavy atom. The van der Waals surface area contributed by atoms with Crippen molar-refractivity contribution in [3.8, 4) is 0 Å². The first kappa shape index (κ1) is 13.3. The Hall–Kier alpha value is -2.17. The van der Waals surface area contributed by atoms with Crippen LogP contribution in [0.5, 0.6) is 0 Å². The topological polar surface area (TPSA) is 25.2 Å². The second kappa shape index (κ2) is 5.22. The Bertz CT molecular complexity index is 589. The fourth-order valence-corrected chi connectivity index (χ4v) is 1.63. The third kappa shape index (κ3) is 3.19. The van der Waals surface area contributed by atoms with Crippen molar-refractivity contribution in [2.45, 2.75) is 13.1 Å². The molecule has 0 aliphatic carbocycles. The van der Waals surface area contributed by atoms with Crippen LogP contribution in [0.25, 0.3) is 0 Å². The first-order valence-corrected chi connectivity index (χ1v) is 5.60. The van der Waals surface area contributed by atoms with Gasteiger partial charge in [-0.3, -0.25) is 9.98 Å². The highest BCUT2D eigenvalue weighted by molar-refractivity contribution is 6.00. The van der Waals surface area contributed by atoms with Crippen LogP contribution >= 0.6 is 0 Å². The number of aliphatic imine (C=N–C) groups is 1. The molecule has 1 heterocycles. The summed E-state index contributed by atoms with van der Waals surface area (Å²) in [6.45, 7) is 1.66. The molecule has 0 bridgehead atoms. The lowest BCUT2D eigenvalue weighted by molar-refractivity contribution is -0.137. The first-order valence-electron chi connectivity index (χ1n) is 5.60. The van der Waals surface area contributed by atoms with Crippen LogP contribution in [0.15, 0.2) is 53.8 Å². The predicted octanol–water partition coefficient (Wildman–Crippen LogP) is 4.24. The molecule has 0 spiro atoms. The number of hydrogen-bond donors (Lipinski definition) is 0. The molecule has 0 saturated heterocycles. The Kier molecular flexibility index (Phi) is 3.64. The quantitative estimate of drug-likeness (QED) is 0.745. The molecule has 2 rings (SSSR count). The van der Waals surface area contributed by atoms with Gasteiger partial charge >= 0.3 is 6.18 Å². The third-order valence-corrected chi connectivity index (χ3v) is 2.58. The molecular weight excluding hydrogens is 253 g/mol. The predicted molar refractivity (Wildman–Crippen MR) is 67.6 cm³/mol. The molecule has 0 unspecified atom stereocenters. The summed E-state index contributed by atoms with van der Waals surface area (Å²) in [5.41, 5.74) is 0.360. The summed E-state index contributed by atoms with van der Waals surface area (Å²) in [5.74, 6) is 0. The molecule has 0 aliphatic rings. The van der Waals surface area contributed by atoms with Gasteiger partial charge in [-0.1, -0.05) is 18.2 Å². The molecule has 0 aliphatic heterocycles. The van der Waals surface area contributed by atoms with Gasteiger partial charge in [0, 0.05) is 23.7 Å². The van der Waals surface area contributed by atoms with Crippen molar-refractivity contribution >= 4 is 11.4 Å². The number of halogens is 3. The number of rotatable bonds is 2. The maximum atomic E-state index is 12.8. The normalized spacial score (nSPS) is 12.5. The number of alkyl halides is 3. The summed E-state index contributed by atoms with van der Waals surface area (Å²) in [7, 11) is 0. The van der Waals surface area contributed by atoms with E-state index in [1.165, 1.54) is 18.2 Å². The van der Waals surface area contributed by atoms with Crippen molar-refractivity contribution in [3.63, 3.8) is 0 Å². The zero-order valence-electron chi connectivity index (χ0n) is 10.1. The Morgan fingerprint density at radius 3 is 2.47 bits per heavy atom. The molecule has 2 aromatic rings. The Morgan fingerprint density at radius 1 is 1.11 bits per heavy atom. The van der Waals surface area contributed by atoms with Crippen LogP contribution in [-0.4, -0.2) is 10.7 Å². The van der Waals surface area contributed by atoms with Crippen molar-refractivity contribution in [2.75, 3.05) is 0 Å². The standard InChI is InChI=1S/C14H11F3N2/c1-10(11-5-4-8-18-9-11)19-13-7-3-2-6-12(13)14(15,16)17/h2-9H,1H3/b19-10+. The monoisotopic (exact) mass is 264 g/mol. The Balaban J connectivity index is 2.44. The largest absolute Gasteiger partial charge is 0.418 e. The summed E-state index contributed by atoms with van der Waals surface area (Å²) in [6.07, 6.45) is -1.25. The fraction of sp³-hybridized carbons (Fsp3) is 0.143. The van der Waals surface area contributed by atoms with Gasteiger partial charge in [0.25, 0.3) is 0 Å². The van der Waals surface area contributed by atoms with E-state index >= 15 is 0 Å². The lowest BCUT2D eigenvalue weighted by Crippen LogP contribution is -2.05. The average molecular weight is 264 g/mol. The van der Waals surface area contributed by atoms with Crippen LogP contribution in [0.2, 0.25) is 0 Å². The van der Waals surface area contributed by atoms with Crippen molar-refractivity contribution in [3.05, 3.63) is 59.9 Å². The van der Waals surface area contributed by atoms with Gasteiger partial charge in [-0.15, -0.1) is 0 Å². The highest BCUT2D eigenvalue weighted by Gasteiger charge is 2.33. The zero-order valence-corrected chi connectivity index (χ0v) is 10.1. The number of pyridine rings is 1. The number of hydrogen-bond acceptors (Lipinski definition) is 2. The average Bonchev–Trinajstić information content (AvgIpc) is 2.39. The van der Waals surface area contributed by atoms with E-state index in [1.807, 2.05) is 0 Å². The molecular formula is C14H11F3N2. The number of nitrogens with zero attached hydrogens (tertiary/aromatic N) is 2. The van der Waals surface area contributed by atoms with Crippen LogP contribution in [-0.2, 0) is 6.18 Å². The fourth-order valence-electron chi connectivity index (χ4n) is 1.63. The molecule has 0 amide bonds. The molecule has 0 radical (unpaired) electrons. The minimum Gasteiger partial charge on any atom is -0.264 e. The van der Waals surface area contributed by atoms with Gasteiger partial charge in [0.05, 0.1) is 11.3 Å². The van der Waals surface area contributed by atoms with Gasteiger partial charge in [-0.05, 0) is 25.1 Å². The van der Waals surface area contributed by atoms with Gasteiger partial charge in [0.2, 0.25) is 0 Å². The minimum absolute atomic E-state index is 0.0867. The lowest BCUT2D eigenvalue weighted by Gasteiger charge is -2.10. The lowest BCUT2D eigenvalue weighted by atomic mass is 10.1. The molecule has 0 atom stereocenters. The van der Waals surface area contributed by atoms with Crippen LogP contribution < -0.4 is 0 Å². The molecule has 98 valence electrons. The van der Waals surface area contributed by atoms with E-state index in [9.17, 15) is 13.2 Å². The second-order valence-electron chi connectivity index (χ2n) is 3.95. The van der Waals surface area contributed by atoms with E-state index in [0.717, 1.165) is 6.07 Å². The smallest absolute Gasteiger partial charge is 0.264 e. The number of benzene rings is 1. The maximum absolute atomic E-state index is 12.8. The number of aromatic nitrogens is 1. The summed E-state index contributed by atoms with van der Waals surface area (Å²) in [4.78, 5) is 7.97. The molecule has 0 N–H and O–H groups in total. The molecule has 1 aromatic heterocycles. The summed E-state index contributed by atoms with van der Waals surface area (Å²) < 4.78 is 38.5. The van der Waals surface area contributed by atoms with Crippen molar-refractivity contribution in [2.24, 2.45) is 4.99 Å². The van der Waals surface area contributed by atoms with E-state index in [-0.39, 0.29) is 5.69 Å². The molecule has 2 nitrogen and oxygen atoms in total. The van der Waals surface area contributed by atoms with Gasteiger partial charge in [-0.2, -0.15) is 13.2 Å². The zero-order chi connectivity index (χ0) is 13.9. The van der Waals surface area contributed by atoms with Gasteiger partial charge in [-0.25, -0.2) is 0 Å². The van der Waals surface area contributed by atoms with E-state index in [2.05, 4.69) is 9.98 Å². The van der Waals surface area contributed by atoms with Crippen LogP contribution in [0, 0.1) is 0 Å². The van der Waals surface area contributed by atoms with E-state index in [0.29, 0.717) is 11.3 Å². The molecule has 19 heavy (non-hydrogen) atoms. The van der Waals surface area contributed by atoms with Crippen LogP contribution in [0.1, 0.15) is 18.1 Å². The molecule has 5 heteroatoms. The van der Waals surface area contributed by atoms with E-state index in [1.54, 1.807) is 31.5 Å². The molecule has 0 fully saturated rings. The highest BCUT2D eigenvalue weighted by atomic mass is 19.4. The summed E-state index contributed by atoms with van der Waals surface area (Å²) in [6, 6.07) is 8.72. The third-order valence-electron chi connectivity index (χ3n) is 2.58. The summed E-state index contributed by atoms with van der Waals surface area (Å²) in [5, 5.41) is 0. The van der Waals surface area contributed by atoms with E-state index in [4.69, 9.17) is 0 Å². The van der Waals surface area contributed by atoms with Crippen molar-refractivity contribution in [1.29, 1.82) is 0 Å². The minimum atomic E-state index is -4.41. The highest BCUT2D eigenvalue weighted by Crippen LogP contribution is 2.36. The molecule has 1 aromatic carbocycles. The first-order chi connectivity index (χ1) is 8.98. The van der Waals surface area contributed by atoms with Crippen molar-refractivity contribution in [1.82, 2.24) is 4.98 Å². The van der Waals surface area contributed by atoms with E-state index < -0.39 is 11.7 Å². The van der Waals surface area contributed by atoms with Crippen molar-refractivity contribution < 1.29 is 13.2 Å². The van der Waals surface area contributed by atoms with Gasteiger partial charge < -0.3 is 0 Å². The maximum Gasteiger partial charge on any atom is 0.418 e. The van der Waals surface area contributed by atoms with Gasteiger partial charge in [0.15, 0.2) is 0 Å². The Labute approximate surface area is 108 Å². The van der Waals surface area contributed by atoms with Crippen LogP contribution in [0.3, 0.4) is 0 Å². The molecule has 0 saturated carbocycles. The second-order valence-corrected chi connectivity index (χ2v) is 3.95. The number of para-hydroxylation sites is 1. The SMILES string of the molecule is C/C(=N\c1ccccc1C(F)(F)F)c1cccnc1. The van der Waals surface area contributed by atoms with Gasteiger partial charge in [0.1, 0.15) is 0 Å². The van der Waals surface area contributed by atoms with Crippen LogP contribution in [0.4, 0.5) is 18.9 Å². The summed E-state index contributed by atoms with van der Waals surface area (Å²) >= 11 is 0.